The Labute approximate surface area is 223 Å². The zero-order valence-corrected chi connectivity index (χ0v) is 23.1. The molecule has 2 unspecified atom stereocenters. The summed E-state index contributed by atoms with van der Waals surface area (Å²) in [6.45, 7) is 6.85. The van der Waals surface area contributed by atoms with Crippen molar-refractivity contribution in [1.82, 2.24) is 9.55 Å². The highest BCUT2D eigenvalue weighted by molar-refractivity contribution is 6.99. The molecule has 3 aromatic rings. The molecule has 8 heteroatoms. The van der Waals surface area contributed by atoms with Crippen molar-refractivity contribution in [2.75, 3.05) is 6.61 Å². The predicted octanol–water partition coefficient (Wildman–Crippen LogP) is 3.51. The Morgan fingerprint density at radius 2 is 1.61 bits per heavy atom. The Kier molecular flexibility index (Phi) is 7.11. The molecule has 1 fully saturated rings. The van der Waals surface area contributed by atoms with Crippen molar-refractivity contribution in [2.45, 2.75) is 51.3 Å². The lowest BCUT2D eigenvalue weighted by atomic mass is 9.89. The fraction of sp³-hybridized carbons (Fsp3) is 0.367. The maximum absolute atomic E-state index is 12.7. The van der Waals surface area contributed by atoms with E-state index in [2.05, 4.69) is 50.0 Å². The van der Waals surface area contributed by atoms with Crippen LogP contribution in [0.2, 0.25) is 5.04 Å². The van der Waals surface area contributed by atoms with Crippen LogP contribution in [0.1, 0.15) is 46.3 Å². The van der Waals surface area contributed by atoms with Gasteiger partial charge in [-0.2, -0.15) is 0 Å². The Morgan fingerprint density at radius 3 is 2.13 bits per heavy atom. The summed E-state index contributed by atoms with van der Waals surface area (Å²) in [6.07, 6.45) is 4.81. The van der Waals surface area contributed by atoms with E-state index in [1.54, 1.807) is 0 Å². The van der Waals surface area contributed by atoms with Crippen molar-refractivity contribution in [1.29, 1.82) is 0 Å². The van der Waals surface area contributed by atoms with Crippen LogP contribution in [0.4, 0.5) is 0 Å². The molecular formula is C30H34N2O5Si. The smallest absolute Gasteiger partial charge is 0.331 e. The lowest BCUT2D eigenvalue weighted by molar-refractivity contribution is -0.123. The van der Waals surface area contributed by atoms with Gasteiger partial charge in [-0.1, -0.05) is 81.4 Å². The maximum atomic E-state index is 12.7. The van der Waals surface area contributed by atoms with E-state index in [-0.39, 0.29) is 29.3 Å². The molecule has 1 aromatic heterocycles. The molecule has 0 amide bonds. The van der Waals surface area contributed by atoms with Crippen LogP contribution in [0, 0.1) is 11.8 Å². The first-order valence-corrected chi connectivity index (χ1v) is 15.1. The Balaban J connectivity index is 1.53. The minimum atomic E-state index is -2.81. The lowest BCUT2D eigenvalue weighted by Gasteiger charge is -2.43. The number of nitrogens with zero attached hydrogens (tertiary/aromatic N) is 1. The largest absolute Gasteiger partial charge is 0.472 e. The number of hydrogen-bond donors (Lipinski definition) is 1. The second kappa shape index (κ2) is 10.3. The molecule has 1 aliphatic carbocycles. The normalized spacial score (nSPS) is 21.8. The van der Waals surface area contributed by atoms with E-state index in [0.717, 1.165) is 23.2 Å². The highest BCUT2D eigenvalue weighted by Gasteiger charge is 2.51. The molecule has 1 N–H and O–H groups in total. The van der Waals surface area contributed by atoms with Crippen LogP contribution < -0.4 is 21.6 Å². The molecule has 3 atom stereocenters. The summed E-state index contributed by atoms with van der Waals surface area (Å²) in [7, 11) is -2.81. The zero-order valence-electron chi connectivity index (χ0n) is 22.1. The molecule has 0 spiro atoms. The first-order valence-electron chi connectivity index (χ1n) is 13.2. The van der Waals surface area contributed by atoms with Gasteiger partial charge < -0.3 is 9.16 Å². The van der Waals surface area contributed by atoms with Crippen molar-refractivity contribution < 1.29 is 14.0 Å². The number of benzene rings is 2. The first-order chi connectivity index (χ1) is 18.2. The van der Waals surface area contributed by atoms with Gasteiger partial charge in [0.1, 0.15) is 11.5 Å². The summed E-state index contributed by atoms with van der Waals surface area (Å²) in [6, 6.07) is 22.0. The number of H-pyrrole nitrogens is 1. The quantitative estimate of drug-likeness (QED) is 0.472. The number of ether oxygens (including phenoxy) is 1. The molecule has 2 heterocycles. The van der Waals surface area contributed by atoms with Crippen LogP contribution in [0.25, 0.3) is 0 Å². The molecule has 1 aliphatic heterocycles. The molecule has 2 aromatic carbocycles. The second-order valence-electron chi connectivity index (χ2n) is 11.2. The lowest BCUT2D eigenvalue weighted by Crippen LogP contribution is -2.66. The Bertz CT molecular complexity index is 1400. The molecule has 38 heavy (non-hydrogen) atoms. The van der Waals surface area contributed by atoms with E-state index in [4.69, 9.17) is 9.16 Å². The van der Waals surface area contributed by atoms with Crippen molar-refractivity contribution in [3.8, 4) is 0 Å². The topological polar surface area (TPSA) is 90.4 Å². The van der Waals surface area contributed by atoms with Crippen LogP contribution in [0.3, 0.4) is 0 Å². The standard InChI is InChI=1S/C30H34N2O5Si/c1-30(2,3)38(22-11-6-4-7-12-22,23-13-8-5-9-14-23)36-20-21-19-25(24-15-10-16-26(24)33)28(37-21)32-18-17-27(34)31-29(32)35/h4-9,11-14,17-19,24-25,28H,10,15-16,20H2,1-3H3,(H,31,34,35)/t24?,25?,28-/m1/s1. The van der Waals surface area contributed by atoms with Gasteiger partial charge in [0.2, 0.25) is 0 Å². The average Bonchev–Trinajstić information content (AvgIpc) is 3.50. The predicted molar refractivity (Wildman–Crippen MR) is 149 cm³/mol. The van der Waals surface area contributed by atoms with E-state index in [1.165, 1.54) is 16.8 Å². The zero-order chi connectivity index (χ0) is 26.9. The average molecular weight is 531 g/mol. The third-order valence-electron chi connectivity index (χ3n) is 7.77. The number of carbonyl (C=O) groups excluding carboxylic acids is 1. The van der Waals surface area contributed by atoms with Gasteiger partial charge >= 0.3 is 5.69 Å². The van der Waals surface area contributed by atoms with Gasteiger partial charge in [0.25, 0.3) is 13.9 Å². The summed E-state index contributed by atoms with van der Waals surface area (Å²) in [5.74, 6) is 0.243. The van der Waals surface area contributed by atoms with Crippen LogP contribution in [-0.2, 0) is 14.0 Å². The van der Waals surface area contributed by atoms with E-state index in [1.807, 2.05) is 42.5 Å². The van der Waals surface area contributed by atoms with Crippen LogP contribution in [0.15, 0.2) is 94.4 Å². The molecule has 5 rings (SSSR count). The second-order valence-corrected chi connectivity index (χ2v) is 15.5. The van der Waals surface area contributed by atoms with E-state index in [9.17, 15) is 14.4 Å². The third-order valence-corrected chi connectivity index (χ3v) is 12.8. The molecule has 1 saturated carbocycles. The first kappa shape index (κ1) is 26.1. The molecule has 0 radical (unpaired) electrons. The fourth-order valence-corrected chi connectivity index (χ4v) is 10.5. The monoisotopic (exact) mass is 530 g/mol. The fourth-order valence-electron chi connectivity index (χ4n) is 6.03. The maximum Gasteiger partial charge on any atom is 0.331 e. The Morgan fingerprint density at radius 1 is 0.974 bits per heavy atom. The number of hydrogen-bond acceptors (Lipinski definition) is 5. The number of carbonyl (C=O) groups is 1. The van der Waals surface area contributed by atoms with Gasteiger partial charge in [-0.05, 0) is 34.3 Å². The molecular weight excluding hydrogens is 496 g/mol. The summed E-state index contributed by atoms with van der Waals surface area (Å²) in [5, 5.41) is 2.12. The van der Waals surface area contributed by atoms with Gasteiger partial charge in [-0.3, -0.25) is 19.1 Å². The highest BCUT2D eigenvalue weighted by Crippen LogP contribution is 2.43. The van der Waals surface area contributed by atoms with Gasteiger partial charge in [-0.25, -0.2) is 4.79 Å². The van der Waals surface area contributed by atoms with Gasteiger partial charge in [-0.15, -0.1) is 0 Å². The summed E-state index contributed by atoms with van der Waals surface area (Å²) in [5.41, 5.74) is -1.03. The molecule has 0 bridgehead atoms. The summed E-state index contributed by atoms with van der Waals surface area (Å²) in [4.78, 5) is 39.4. The summed E-state index contributed by atoms with van der Waals surface area (Å²) < 4.78 is 14.8. The molecule has 2 aliphatic rings. The number of aromatic amines is 1. The van der Waals surface area contributed by atoms with Crippen molar-refractivity contribution >= 4 is 24.5 Å². The molecule has 7 nitrogen and oxygen atoms in total. The third kappa shape index (κ3) is 4.74. The SMILES string of the molecule is CC(C)(C)[Si](OCC1=CC(C2CCCC2=O)[C@H](n2ccc(=O)[nH]c2=O)O1)(c1ccccc1)c1ccccc1. The van der Waals surface area contributed by atoms with E-state index in [0.29, 0.717) is 12.2 Å². The van der Waals surface area contributed by atoms with Crippen LogP contribution in [0.5, 0.6) is 0 Å². The Hall–Kier alpha value is -3.49. The van der Waals surface area contributed by atoms with Crippen molar-refractivity contribution in [3.63, 3.8) is 0 Å². The number of Topliss-reactive ketones (excluding diaryl/α,β-unsaturated/α-hetero) is 1. The summed E-state index contributed by atoms with van der Waals surface area (Å²) >= 11 is 0. The molecule has 0 saturated heterocycles. The van der Waals surface area contributed by atoms with E-state index >= 15 is 0 Å². The minimum absolute atomic E-state index is 0.187. The van der Waals surface area contributed by atoms with Crippen molar-refractivity contribution in [3.05, 3.63) is 106 Å². The molecule has 198 valence electrons. The number of rotatable bonds is 7. The number of nitrogens with one attached hydrogen (secondary N) is 1. The van der Waals surface area contributed by atoms with E-state index < -0.39 is 25.8 Å². The highest BCUT2D eigenvalue weighted by atomic mass is 28.4. The van der Waals surface area contributed by atoms with Crippen LogP contribution >= 0.6 is 0 Å². The van der Waals surface area contributed by atoms with Gasteiger partial charge in [0.15, 0.2) is 6.23 Å². The van der Waals surface area contributed by atoms with Crippen molar-refractivity contribution in [2.24, 2.45) is 11.8 Å². The number of aromatic nitrogens is 2. The van der Waals surface area contributed by atoms with Crippen LogP contribution in [-0.4, -0.2) is 30.3 Å². The van der Waals surface area contributed by atoms with Gasteiger partial charge in [0, 0.05) is 30.5 Å². The van der Waals surface area contributed by atoms with Gasteiger partial charge in [0.05, 0.1) is 6.61 Å². The minimum Gasteiger partial charge on any atom is -0.472 e. The number of ketones is 1.